The molecule has 1 amide bonds. The molecule has 2 atom stereocenters. The first-order valence-corrected chi connectivity index (χ1v) is 7.50. The lowest BCUT2D eigenvalue weighted by molar-refractivity contribution is -0.135. The highest BCUT2D eigenvalue weighted by Gasteiger charge is 2.33. The lowest BCUT2D eigenvalue weighted by Gasteiger charge is -2.24. The molecule has 5 heteroatoms. The van der Waals surface area contributed by atoms with Crippen molar-refractivity contribution in [2.45, 2.75) is 25.8 Å². The fraction of sp³-hybridized carbons (Fsp3) is 0.615. The van der Waals surface area contributed by atoms with E-state index in [1.54, 1.807) is 4.90 Å². The van der Waals surface area contributed by atoms with Crippen LogP contribution in [0.25, 0.3) is 0 Å². The van der Waals surface area contributed by atoms with Crippen LogP contribution >= 0.6 is 22.9 Å². The lowest BCUT2D eigenvalue weighted by Crippen LogP contribution is -2.36. The maximum Gasteiger partial charge on any atom is 0.226 e. The average Bonchev–Trinajstić information content (AvgIpc) is 2.96. The second kappa shape index (κ2) is 6.04. The quantitative estimate of drug-likeness (QED) is 0.925. The minimum absolute atomic E-state index is 0.121. The van der Waals surface area contributed by atoms with E-state index < -0.39 is 0 Å². The van der Waals surface area contributed by atoms with Gasteiger partial charge in [-0.2, -0.15) is 0 Å². The standard InChI is InChI=1S/C13H19ClN2OS/c1-16(8-10-5-6-12(14)18-10)13(17)11-4-2-3-9(11)7-15/h5-6,9,11H,2-4,7-8,15H2,1H3/t9-,11-/m1/s1. The summed E-state index contributed by atoms with van der Waals surface area (Å²) in [7, 11) is 1.86. The summed E-state index contributed by atoms with van der Waals surface area (Å²) < 4.78 is 0.770. The van der Waals surface area contributed by atoms with Gasteiger partial charge in [0.1, 0.15) is 0 Å². The maximum atomic E-state index is 12.4. The first kappa shape index (κ1) is 13.8. The largest absolute Gasteiger partial charge is 0.340 e. The third kappa shape index (κ3) is 3.05. The van der Waals surface area contributed by atoms with Crippen molar-refractivity contribution in [3.63, 3.8) is 0 Å². The van der Waals surface area contributed by atoms with Crippen molar-refractivity contribution >= 4 is 28.8 Å². The summed E-state index contributed by atoms with van der Waals surface area (Å²) in [4.78, 5) is 15.3. The Balaban J connectivity index is 1.96. The minimum Gasteiger partial charge on any atom is -0.340 e. The minimum atomic E-state index is 0.121. The van der Waals surface area contributed by atoms with Crippen LogP contribution < -0.4 is 5.73 Å². The number of rotatable bonds is 4. The molecule has 0 spiro atoms. The van der Waals surface area contributed by atoms with Crippen LogP contribution in [0.15, 0.2) is 12.1 Å². The Hall–Kier alpha value is -0.580. The summed E-state index contributed by atoms with van der Waals surface area (Å²) in [5.74, 6) is 0.717. The van der Waals surface area contributed by atoms with Gasteiger partial charge in [0.05, 0.1) is 10.9 Å². The molecular weight excluding hydrogens is 268 g/mol. The maximum absolute atomic E-state index is 12.4. The Morgan fingerprint density at radius 2 is 2.33 bits per heavy atom. The molecule has 0 aliphatic heterocycles. The van der Waals surface area contributed by atoms with Gasteiger partial charge in [0.15, 0.2) is 0 Å². The molecule has 0 unspecified atom stereocenters. The van der Waals surface area contributed by atoms with E-state index in [0.717, 1.165) is 28.5 Å². The molecule has 2 N–H and O–H groups in total. The van der Waals surface area contributed by atoms with E-state index in [9.17, 15) is 4.79 Å². The molecule has 0 radical (unpaired) electrons. The zero-order valence-corrected chi connectivity index (χ0v) is 12.1. The van der Waals surface area contributed by atoms with E-state index in [1.165, 1.54) is 11.3 Å². The number of nitrogens with two attached hydrogens (primary N) is 1. The number of thiophene rings is 1. The number of carbonyl (C=O) groups is 1. The summed E-state index contributed by atoms with van der Waals surface area (Å²) in [6.07, 6.45) is 3.19. The fourth-order valence-corrected chi connectivity index (χ4v) is 3.82. The van der Waals surface area contributed by atoms with Crippen LogP contribution in [0.4, 0.5) is 0 Å². The molecule has 1 heterocycles. The molecule has 0 saturated heterocycles. The van der Waals surface area contributed by atoms with Crippen molar-refractivity contribution in [2.75, 3.05) is 13.6 Å². The molecule has 1 aromatic heterocycles. The van der Waals surface area contributed by atoms with E-state index in [-0.39, 0.29) is 11.8 Å². The first-order valence-electron chi connectivity index (χ1n) is 6.31. The Bertz CT molecular complexity index is 421. The molecule has 3 nitrogen and oxygen atoms in total. The van der Waals surface area contributed by atoms with Crippen molar-refractivity contribution in [3.8, 4) is 0 Å². The number of halogens is 1. The number of hydrogen-bond donors (Lipinski definition) is 1. The van der Waals surface area contributed by atoms with E-state index in [0.29, 0.717) is 19.0 Å². The van der Waals surface area contributed by atoms with Gasteiger partial charge < -0.3 is 10.6 Å². The van der Waals surface area contributed by atoms with Gasteiger partial charge >= 0.3 is 0 Å². The molecule has 2 rings (SSSR count). The highest BCUT2D eigenvalue weighted by molar-refractivity contribution is 7.16. The van der Waals surface area contributed by atoms with Crippen LogP contribution in [0.1, 0.15) is 24.1 Å². The van der Waals surface area contributed by atoms with Crippen LogP contribution in [-0.2, 0) is 11.3 Å². The van der Waals surface area contributed by atoms with Crippen LogP contribution in [0.3, 0.4) is 0 Å². The van der Waals surface area contributed by atoms with Crippen molar-refractivity contribution in [1.82, 2.24) is 4.90 Å². The third-order valence-electron chi connectivity index (χ3n) is 3.68. The van der Waals surface area contributed by atoms with Crippen molar-refractivity contribution in [2.24, 2.45) is 17.6 Å². The van der Waals surface area contributed by atoms with Gasteiger partial charge in [-0.15, -0.1) is 11.3 Å². The smallest absolute Gasteiger partial charge is 0.226 e. The molecule has 1 saturated carbocycles. The van der Waals surface area contributed by atoms with Crippen molar-refractivity contribution in [3.05, 3.63) is 21.3 Å². The van der Waals surface area contributed by atoms with Gasteiger partial charge in [0.25, 0.3) is 0 Å². The molecule has 1 fully saturated rings. The van der Waals surface area contributed by atoms with E-state index >= 15 is 0 Å². The highest BCUT2D eigenvalue weighted by atomic mass is 35.5. The number of nitrogens with zero attached hydrogens (tertiary/aromatic N) is 1. The van der Waals surface area contributed by atoms with Crippen molar-refractivity contribution < 1.29 is 4.79 Å². The first-order chi connectivity index (χ1) is 8.61. The normalized spacial score (nSPS) is 23.3. The van der Waals surface area contributed by atoms with Crippen LogP contribution in [-0.4, -0.2) is 24.4 Å². The Morgan fingerprint density at radius 3 is 2.94 bits per heavy atom. The van der Waals surface area contributed by atoms with Gasteiger partial charge in [0.2, 0.25) is 5.91 Å². The summed E-state index contributed by atoms with van der Waals surface area (Å²) in [6.45, 7) is 1.26. The predicted octanol–water partition coefficient (Wildman–Crippen LogP) is 2.73. The Kier molecular flexibility index (Phi) is 4.65. The van der Waals surface area contributed by atoms with Crippen molar-refractivity contribution in [1.29, 1.82) is 0 Å². The zero-order chi connectivity index (χ0) is 13.1. The van der Waals surface area contributed by atoms with E-state index in [1.807, 2.05) is 19.2 Å². The topological polar surface area (TPSA) is 46.3 Å². The SMILES string of the molecule is CN(Cc1ccc(Cl)s1)C(=O)[C@@H]1CCC[C@@H]1CN. The van der Waals surface area contributed by atoms with Crippen LogP contribution in [0, 0.1) is 11.8 Å². The summed E-state index contributed by atoms with van der Waals surface area (Å²) >= 11 is 7.42. The molecular formula is C13H19ClN2OS. The van der Waals surface area contributed by atoms with E-state index in [2.05, 4.69) is 0 Å². The molecule has 100 valence electrons. The average molecular weight is 287 g/mol. The highest BCUT2D eigenvalue weighted by Crippen LogP contribution is 2.32. The number of hydrogen-bond acceptors (Lipinski definition) is 3. The molecule has 1 aliphatic rings. The summed E-state index contributed by atoms with van der Waals surface area (Å²) in [5, 5.41) is 0. The Morgan fingerprint density at radius 1 is 1.56 bits per heavy atom. The summed E-state index contributed by atoms with van der Waals surface area (Å²) in [5.41, 5.74) is 5.73. The summed E-state index contributed by atoms with van der Waals surface area (Å²) in [6, 6.07) is 3.85. The van der Waals surface area contributed by atoms with Gasteiger partial charge in [-0.05, 0) is 37.4 Å². The predicted molar refractivity (Wildman–Crippen MR) is 75.7 cm³/mol. The number of carbonyl (C=O) groups excluding carboxylic acids is 1. The monoisotopic (exact) mass is 286 g/mol. The van der Waals surface area contributed by atoms with E-state index in [4.69, 9.17) is 17.3 Å². The molecule has 1 aliphatic carbocycles. The van der Waals surface area contributed by atoms with Crippen LogP contribution in [0.5, 0.6) is 0 Å². The van der Waals surface area contributed by atoms with Gasteiger partial charge in [-0.25, -0.2) is 0 Å². The zero-order valence-electron chi connectivity index (χ0n) is 10.6. The van der Waals surface area contributed by atoms with Gasteiger partial charge in [-0.1, -0.05) is 18.0 Å². The van der Waals surface area contributed by atoms with Gasteiger partial charge in [0, 0.05) is 17.8 Å². The second-order valence-corrected chi connectivity index (χ2v) is 6.73. The van der Waals surface area contributed by atoms with Crippen LogP contribution in [0.2, 0.25) is 4.34 Å². The molecule has 0 aromatic carbocycles. The molecule has 1 aromatic rings. The second-order valence-electron chi connectivity index (χ2n) is 4.93. The molecule has 18 heavy (non-hydrogen) atoms. The molecule has 0 bridgehead atoms. The lowest BCUT2D eigenvalue weighted by atomic mass is 9.95. The number of amides is 1. The Labute approximate surface area is 117 Å². The third-order valence-corrected chi connectivity index (χ3v) is 4.89. The fourth-order valence-electron chi connectivity index (χ4n) is 2.68. The van der Waals surface area contributed by atoms with Gasteiger partial charge in [-0.3, -0.25) is 4.79 Å².